The van der Waals surface area contributed by atoms with Gasteiger partial charge in [-0.2, -0.15) is 0 Å². The molecule has 2 aromatic carbocycles. The van der Waals surface area contributed by atoms with Crippen LogP contribution in [0.1, 0.15) is 6.42 Å². The van der Waals surface area contributed by atoms with E-state index >= 15 is 0 Å². The van der Waals surface area contributed by atoms with Gasteiger partial charge in [0.2, 0.25) is 5.91 Å². The highest BCUT2D eigenvalue weighted by atomic mass is 19.1. The summed E-state index contributed by atoms with van der Waals surface area (Å²) in [5.41, 5.74) is 2.49. The number of benzene rings is 2. The molecule has 1 aliphatic heterocycles. The fraction of sp³-hybridized carbons (Fsp3) is 0.211. The van der Waals surface area contributed by atoms with Crippen molar-refractivity contribution in [3.8, 4) is 0 Å². The third-order valence-electron chi connectivity index (χ3n) is 4.51. The molecular weight excluding hydrogens is 335 g/mol. The largest absolute Gasteiger partial charge is 0.343 e. The molecule has 0 radical (unpaired) electrons. The number of nitrogens with zero attached hydrogens (tertiary/aromatic N) is 3. The molecule has 1 fully saturated rings. The van der Waals surface area contributed by atoms with Crippen LogP contribution in [-0.2, 0) is 16.1 Å². The van der Waals surface area contributed by atoms with Crippen LogP contribution >= 0.6 is 0 Å². The summed E-state index contributed by atoms with van der Waals surface area (Å²) in [4.78, 5) is 30.2. The van der Waals surface area contributed by atoms with Crippen LogP contribution in [0.25, 0.3) is 11.0 Å². The average Bonchev–Trinajstić information content (AvgIpc) is 3.07. The van der Waals surface area contributed by atoms with Gasteiger partial charge in [0.05, 0.1) is 23.9 Å². The summed E-state index contributed by atoms with van der Waals surface area (Å²) < 4.78 is 14.9. The Morgan fingerprint density at radius 3 is 2.73 bits per heavy atom. The van der Waals surface area contributed by atoms with Crippen molar-refractivity contribution in [1.29, 1.82) is 0 Å². The van der Waals surface area contributed by atoms with E-state index < -0.39 is 6.04 Å². The maximum Gasteiger partial charge on any atom is 0.251 e. The standard InChI is InChI=1S/C19H17FN4O2/c20-13-5-7-14(8-6-13)24-11-16(19(24)26)22-18(25)9-10-23-12-21-15-3-1-2-4-17(15)23/h1-8,12,16H,9-11H2,(H,22,25)/t16-/m0/s1. The highest BCUT2D eigenvalue weighted by molar-refractivity contribution is 6.05. The second kappa shape index (κ2) is 6.59. The van der Waals surface area contributed by atoms with Crippen molar-refractivity contribution >= 4 is 28.5 Å². The summed E-state index contributed by atoms with van der Waals surface area (Å²) in [7, 11) is 0. The first-order valence-corrected chi connectivity index (χ1v) is 8.38. The Balaban J connectivity index is 1.30. The lowest BCUT2D eigenvalue weighted by molar-refractivity contribution is -0.130. The second-order valence-electron chi connectivity index (χ2n) is 6.22. The number of carbonyl (C=O) groups excluding carboxylic acids is 2. The number of amides is 2. The monoisotopic (exact) mass is 352 g/mol. The topological polar surface area (TPSA) is 67.2 Å². The van der Waals surface area contributed by atoms with Crippen LogP contribution in [0, 0.1) is 5.82 Å². The molecule has 1 aromatic heterocycles. The number of halogens is 1. The van der Waals surface area contributed by atoms with Gasteiger partial charge in [0.15, 0.2) is 0 Å². The lowest BCUT2D eigenvalue weighted by atomic mass is 10.1. The second-order valence-corrected chi connectivity index (χ2v) is 6.22. The number of β-lactam (4-membered cyclic amide) rings is 1. The molecule has 4 rings (SSSR count). The number of imidazole rings is 1. The molecule has 0 unspecified atom stereocenters. The van der Waals surface area contributed by atoms with Crippen LogP contribution in [0.5, 0.6) is 0 Å². The summed E-state index contributed by atoms with van der Waals surface area (Å²) >= 11 is 0. The minimum atomic E-state index is -0.521. The highest BCUT2D eigenvalue weighted by Gasteiger charge is 2.38. The van der Waals surface area contributed by atoms with Crippen molar-refractivity contribution in [3.05, 3.63) is 60.7 Å². The summed E-state index contributed by atoms with van der Waals surface area (Å²) in [6, 6.07) is 12.9. The number of para-hydroxylation sites is 2. The molecule has 2 heterocycles. The van der Waals surface area contributed by atoms with Crippen LogP contribution in [-0.4, -0.2) is 34.0 Å². The van der Waals surface area contributed by atoms with Crippen LogP contribution in [0.3, 0.4) is 0 Å². The van der Waals surface area contributed by atoms with Gasteiger partial charge in [0, 0.05) is 18.7 Å². The van der Waals surface area contributed by atoms with Gasteiger partial charge in [0.25, 0.3) is 5.91 Å². The number of nitrogens with one attached hydrogen (secondary N) is 1. The van der Waals surface area contributed by atoms with Gasteiger partial charge in [-0.25, -0.2) is 9.37 Å². The van der Waals surface area contributed by atoms with E-state index in [1.807, 2.05) is 28.8 Å². The number of rotatable bonds is 5. The fourth-order valence-corrected chi connectivity index (χ4v) is 3.06. The molecule has 26 heavy (non-hydrogen) atoms. The Morgan fingerprint density at radius 1 is 1.19 bits per heavy atom. The zero-order valence-electron chi connectivity index (χ0n) is 13.9. The van der Waals surface area contributed by atoms with Crippen molar-refractivity contribution in [2.45, 2.75) is 19.0 Å². The molecule has 0 spiro atoms. The molecule has 0 aliphatic carbocycles. The maximum atomic E-state index is 12.9. The molecule has 1 saturated heterocycles. The number of aryl methyl sites for hydroxylation is 1. The van der Waals surface area contributed by atoms with E-state index in [1.54, 1.807) is 18.5 Å². The number of anilines is 1. The SMILES string of the molecule is O=C(CCn1cnc2ccccc21)N[C@H]1CN(c2ccc(F)cc2)C1=O. The van der Waals surface area contributed by atoms with Gasteiger partial charge in [0.1, 0.15) is 11.9 Å². The molecule has 132 valence electrons. The third-order valence-corrected chi connectivity index (χ3v) is 4.51. The average molecular weight is 352 g/mol. The maximum absolute atomic E-state index is 12.9. The normalized spacial score (nSPS) is 16.6. The van der Waals surface area contributed by atoms with E-state index in [4.69, 9.17) is 0 Å². The van der Waals surface area contributed by atoms with Crippen LogP contribution in [0.4, 0.5) is 10.1 Å². The van der Waals surface area contributed by atoms with Gasteiger partial charge in [-0.1, -0.05) is 12.1 Å². The zero-order valence-corrected chi connectivity index (χ0v) is 13.9. The molecule has 2 amide bonds. The first kappa shape index (κ1) is 16.3. The highest BCUT2D eigenvalue weighted by Crippen LogP contribution is 2.22. The molecular formula is C19H17FN4O2. The summed E-state index contributed by atoms with van der Waals surface area (Å²) in [5.74, 6) is -0.712. The van der Waals surface area contributed by atoms with Gasteiger partial charge < -0.3 is 14.8 Å². The number of fused-ring (bicyclic) bond motifs is 1. The number of hydrogen-bond acceptors (Lipinski definition) is 3. The van der Waals surface area contributed by atoms with Gasteiger partial charge in [-0.05, 0) is 36.4 Å². The smallest absolute Gasteiger partial charge is 0.251 e. The van der Waals surface area contributed by atoms with Crippen molar-refractivity contribution in [3.63, 3.8) is 0 Å². The number of hydrogen-bond donors (Lipinski definition) is 1. The predicted octanol–water partition coefficient (Wildman–Crippen LogP) is 2.10. The molecule has 3 aromatic rings. The van der Waals surface area contributed by atoms with Gasteiger partial charge >= 0.3 is 0 Å². The Bertz CT molecular complexity index is 967. The number of aromatic nitrogens is 2. The quantitative estimate of drug-likeness (QED) is 0.715. The summed E-state index contributed by atoms with van der Waals surface area (Å²) in [5, 5.41) is 2.75. The van der Waals surface area contributed by atoms with E-state index in [2.05, 4.69) is 10.3 Å². The van der Waals surface area contributed by atoms with Gasteiger partial charge in [-0.15, -0.1) is 0 Å². The Hall–Kier alpha value is -3.22. The van der Waals surface area contributed by atoms with E-state index in [-0.39, 0.29) is 24.1 Å². The summed E-state index contributed by atoms with van der Waals surface area (Å²) in [6.07, 6.45) is 1.98. The first-order valence-electron chi connectivity index (χ1n) is 8.38. The van der Waals surface area contributed by atoms with Crippen molar-refractivity contribution in [2.75, 3.05) is 11.4 Å². The molecule has 1 atom stereocenters. The molecule has 0 saturated carbocycles. The summed E-state index contributed by atoms with van der Waals surface area (Å²) in [6.45, 7) is 0.888. The lowest BCUT2D eigenvalue weighted by Gasteiger charge is -2.38. The zero-order chi connectivity index (χ0) is 18.1. The lowest BCUT2D eigenvalue weighted by Crippen LogP contribution is -2.64. The van der Waals surface area contributed by atoms with E-state index in [1.165, 1.54) is 17.0 Å². The molecule has 0 bridgehead atoms. The first-order chi connectivity index (χ1) is 12.6. The van der Waals surface area contributed by atoms with Crippen LogP contribution < -0.4 is 10.2 Å². The number of carbonyl (C=O) groups is 2. The van der Waals surface area contributed by atoms with Crippen LogP contribution in [0.15, 0.2) is 54.9 Å². The van der Waals surface area contributed by atoms with Crippen molar-refractivity contribution < 1.29 is 14.0 Å². The van der Waals surface area contributed by atoms with Gasteiger partial charge in [-0.3, -0.25) is 9.59 Å². The molecule has 6 nitrogen and oxygen atoms in total. The minimum Gasteiger partial charge on any atom is -0.343 e. The predicted molar refractivity (Wildman–Crippen MR) is 95.0 cm³/mol. The van der Waals surface area contributed by atoms with E-state index in [9.17, 15) is 14.0 Å². The Morgan fingerprint density at radius 2 is 1.96 bits per heavy atom. The molecule has 7 heteroatoms. The van der Waals surface area contributed by atoms with Crippen LogP contribution in [0.2, 0.25) is 0 Å². The Kier molecular flexibility index (Phi) is 4.12. The Labute approximate surface area is 149 Å². The fourth-order valence-electron chi connectivity index (χ4n) is 3.06. The minimum absolute atomic E-state index is 0.181. The van der Waals surface area contributed by atoms with Crippen molar-refractivity contribution in [1.82, 2.24) is 14.9 Å². The third kappa shape index (κ3) is 3.03. The molecule has 1 aliphatic rings. The van der Waals surface area contributed by atoms with Crippen molar-refractivity contribution in [2.24, 2.45) is 0 Å². The van der Waals surface area contributed by atoms with E-state index in [0.717, 1.165) is 11.0 Å². The molecule has 1 N–H and O–H groups in total. The van der Waals surface area contributed by atoms with E-state index in [0.29, 0.717) is 18.8 Å².